The van der Waals surface area contributed by atoms with Crippen LogP contribution in [0, 0.1) is 0 Å². The molecule has 0 aromatic heterocycles. The summed E-state index contributed by atoms with van der Waals surface area (Å²) < 4.78 is 0. The van der Waals surface area contributed by atoms with Gasteiger partial charge in [-0.15, -0.1) is 0 Å². The van der Waals surface area contributed by atoms with Gasteiger partial charge in [0.1, 0.15) is 0 Å². The lowest BCUT2D eigenvalue weighted by atomic mass is 9.93. The van der Waals surface area contributed by atoms with Crippen molar-refractivity contribution < 1.29 is 9.90 Å². The van der Waals surface area contributed by atoms with E-state index in [1.165, 1.54) is 5.56 Å². The van der Waals surface area contributed by atoms with Crippen LogP contribution < -0.4 is 5.32 Å². The maximum absolute atomic E-state index is 12.4. The Labute approximate surface area is 201 Å². The van der Waals surface area contributed by atoms with E-state index in [1.807, 2.05) is 55.5 Å². The number of rotatable bonds is 7. The maximum Gasteiger partial charge on any atom is 0.224 e. The van der Waals surface area contributed by atoms with Gasteiger partial charge in [-0.2, -0.15) is 0 Å². The van der Waals surface area contributed by atoms with Crippen LogP contribution in [0.1, 0.15) is 37.3 Å². The van der Waals surface area contributed by atoms with Gasteiger partial charge in [-0.3, -0.25) is 9.69 Å². The van der Waals surface area contributed by atoms with Crippen LogP contribution in [0.15, 0.2) is 72.8 Å². The zero-order valence-corrected chi connectivity index (χ0v) is 19.8. The fraction of sp³-hybridized carbons (Fsp3) is 0.321. The van der Waals surface area contributed by atoms with E-state index in [1.54, 1.807) is 0 Å². The molecule has 1 amide bonds. The summed E-state index contributed by atoms with van der Waals surface area (Å²) in [4.78, 5) is 14.8. The standard InChI is InChI=1S/C28H31ClN2O2/c1-28(33)16-18-31(19-17-28)20-22-4-2-21(3-5-22)6-15-27(32)30-26-13-9-24(10-14-26)23-7-11-25(29)12-8-23/h2-5,7-14,33H,6,15-20H2,1H3,(H,30,32). The highest BCUT2D eigenvalue weighted by molar-refractivity contribution is 6.30. The quantitative estimate of drug-likeness (QED) is 0.458. The summed E-state index contributed by atoms with van der Waals surface area (Å²) in [5, 5.41) is 13.8. The number of benzene rings is 3. The molecule has 4 nitrogen and oxygen atoms in total. The zero-order chi connectivity index (χ0) is 23.3. The van der Waals surface area contributed by atoms with Gasteiger partial charge in [-0.25, -0.2) is 0 Å². The Morgan fingerprint density at radius 3 is 2.06 bits per heavy atom. The lowest BCUT2D eigenvalue weighted by Gasteiger charge is -2.35. The summed E-state index contributed by atoms with van der Waals surface area (Å²) >= 11 is 5.95. The Morgan fingerprint density at radius 2 is 1.45 bits per heavy atom. The van der Waals surface area contributed by atoms with E-state index in [2.05, 4.69) is 34.5 Å². The van der Waals surface area contributed by atoms with E-state index < -0.39 is 5.60 Å². The average molecular weight is 463 g/mol. The first-order chi connectivity index (χ1) is 15.9. The summed E-state index contributed by atoms with van der Waals surface area (Å²) in [6.45, 7) is 4.68. The second-order valence-electron chi connectivity index (χ2n) is 9.22. The van der Waals surface area contributed by atoms with Gasteiger partial charge >= 0.3 is 0 Å². The summed E-state index contributed by atoms with van der Waals surface area (Å²) in [6, 6.07) is 24.1. The van der Waals surface area contributed by atoms with E-state index in [0.717, 1.165) is 59.9 Å². The van der Waals surface area contributed by atoms with Crippen molar-refractivity contribution in [2.75, 3.05) is 18.4 Å². The number of likely N-dealkylation sites (tertiary alicyclic amines) is 1. The minimum absolute atomic E-state index is 0.0127. The van der Waals surface area contributed by atoms with Gasteiger partial charge in [0.15, 0.2) is 0 Å². The number of halogens is 1. The van der Waals surface area contributed by atoms with Gasteiger partial charge in [0.05, 0.1) is 5.60 Å². The molecule has 0 unspecified atom stereocenters. The van der Waals surface area contributed by atoms with Crippen molar-refractivity contribution in [3.8, 4) is 11.1 Å². The molecule has 0 spiro atoms. The fourth-order valence-corrected chi connectivity index (χ4v) is 4.26. The van der Waals surface area contributed by atoms with Gasteiger partial charge < -0.3 is 10.4 Å². The van der Waals surface area contributed by atoms with Gasteiger partial charge in [0, 0.05) is 36.8 Å². The number of aliphatic hydroxyl groups is 1. The largest absolute Gasteiger partial charge is 0.390 e. The van der Waals surface area contributed by atoms with E-state index in [4.69, 9.17) is 11.6 Å². The molecule has 1 fully saturated rings. The van der Waals surface area contributed by atoms with Crippen molar-refractivity contribution >= 4 is 23.2 Å². The van der Waals surface area contributed by atoms with Gasteiger partial charge in [-0.05, 0) is 72.7 Å². The number of nitrogens with zero attached hydrogens (tertiary/aromatic N) is 1. The zero-order valence-electron chi connectivity index (χ0n) is 19.1. The Bertz CT molecular complexity index is 1050. The van der Waals surface area contributed by atoms with E-state index in [9.17, 15) is 9.90 Å². The molecule has 2 N–H and O–H groups in total. The predicted octanol–water partition coefficient (Wildman–Crippen LogP) is 5.93. The summed E-state index contributed by atoms with van der Waals surface area (Å²) in [6.07, 6.45) is 2.80. The van der Waals surface area contributed by atoms with Crippen molar-refractivity contribution in [1.82, 2.24) is 4.90 Å². The van der Waals surface area contributed by atoms with Crippen molar-refractivity contribution in [2.45, 2.75) is 44.8 Å². The van der Waals surface area contributed by atoms with E-state index in [-0.39, 0.29) is 5.91 Å². The maximum atomic E-state index is 12.4. The third kappa shape index (κ3) is 6.91. The van der Waals surface area contributed by atoms with Crippen LogP contribution in [0.5, 0.6) is 0 Å². The highest BCUT2D eigenvalue weighted by Gasteiger charge is 2.27. The number of aryl methyl sites for hydroxylation is 1. The minimum Gasteiger partial charge on any atom is -0.390 e. The van der Waals surface area contributed by atoms with Crippen LogP contribution in [0.25, 0.3) is 11.1 Å². The smallest absolute Gasteiger partial charge is 0.224 e. The third-order valence-corrected chi connectivity index (χ3v) is 6.60. The Balaban J connectivity index is 1.23. The molecule has 0 saturated carbocycles. The molecule has 3 aromatic carbocycles. The van der Waals surface area contributed by atoms with Crippen molar-refractivity contribution in [2.24, 2.45) is 0 Å². The number of hydrogen-bond acceptors (Lipinski definition) is 3. The predicted molar refractivity (Wildman–Crippen MR) is 135 cm³/mol. The molecule has 0 atom stereocenters. The number of nitrogens with one attached hydrogen (secondary N) is 1. The lowest BCUT2D eigenvalue weighted by molar-refractivity contribution is -0.116. The van der Waals surface area contributed by atoms with Crippen molar-refractivity contribution in [3.63, 3.8) is 0 Å². The molecule has 4 rings (SSSR count). The second-order valence-corrected chi connectivity index (χ2v) is 9.66. The fourth-order valence-electron chi connectivity index (χ4n) is 4.13. The van der Waals surface area contributed by atoms with E-state index >= 15 is 0 Å². The summed E-state index contributed by atoms with van der Waals surface area (Å²) in [5.41, 5.74) is 4.89. The van der Waals surface area contributed by atoms with Gasteiger partial charge in [0.25, 0.3) is 0 Å². The first-order valence-electron chi connectivity index (χ1n) is 11.5. The monoisotopic (exact) mass is 462 g/mol. The molecule has 33 heavy (non-hydrogen) atoms. The van der Waals surface area contributed by atoms with Crippen LogP contribution in [0.2, 0.25) is 5.02 Å². The number of hydrogen-bond donors (Lipinski definition) is 2. The van der Waals surface area contributed by atoms with Crippen LogP contribution in [-0.2, 0) is 17.8 Å². The van der Waals surface area contributed by atoms with Gasteiger partial charge in [0.2, 0.25) is 5.91 Å². The molecule has 3 aromatic rings. The Morgan fingerprint density at radius 1 is 0.909 bits per heavy atom. The van der Waals surface area contributed by atoms with E-state index in [0.29, 0.717) is 12.8 Å². The van der Waals surface area contributed by atoms with Crippen LogP contribution >= 0.6 is 11.6 Å². The molecular weight excluding hydrogens is 432 g/mol. The number of amides is 1. The molecule has 0 bridgehead atoms. The molecular formula is C28H31ClN2O2. The van der Waals surface area contributed by atoms with Crippen LogP contribution in [0.3, 0.4) is 0 Å². The molecule has 1 aliphatic rings. The molecule has 0 aliphatic carbocycles. The molecule has 172 valence electrons. The molecule has 1 aliphatic heterocycles. The molecule has 1 saturated heterocycles. The molecule has 1 heterocycles. The topological polar surface area (TPSA) is 52.6 Å². The highest BCUT2D eigenvalue weighted by atomic mass is 35.5. The van der Waals surface area contributed by atoms with Crippen molar-refractivity contribution in [1.29, 1.82) is 0 Å². The lowest BCUT2D eigenvalue weighted by Crippen LogP contribution is -2.41. The number of carbonyl (C=O) groups is 1. The van der Waals surface area contributed by atoms with Crippen LogP contribution in [0.4, 0.5) is 5.69 Å². The third-order valence-electron chi connectivity index (χ3n) is 6.35. The van der Waals surface area contributed by atoms with Gasteiger partial charge in [-0.1, -0.05) is 60.1 Å². The first kappa shape index (κ1) is 23.5. The number of piperidine rings is 1. The SMILES string of the molecule is CC1(O)CCN(Cc2ccc(CCC(=O)Nc3ccc(-c4ccc(Cl)cc4)cc3)cc2)CC1. The average Bonchev–Trinajstić information content (AvgIpc) is 2.81. The second kappa shape index (κ2) is 10.5. The molecule has 0 radical (unpaired) electrons. The van der Waals surface area contributed by atoms with Crippen LogP contribution in [-0.4, -0.2) is 34.6 Å². The Kier molecular flexibility index (Phi) is 7.49. The first-order valence-corrected chi connectivity index (χ1v) is 11.9. The Hall–Kier alpha value is -2.66. The highest BCUT2D eigenvalue weighted by Crippen LogP contribution is 2.24. The number of anilines is 1. The normalized spacial score (nSPS) is 15.8. The molecule has 5 heteroatoms. The number of carbonyl (C=O) groups excluding carboxylic acids is 1. The summed E-state index contributed by atoms with van der Waals surface area (Å²) in [5.74, 6) is 0.0127. The minimum atomic E-state index is -0.514. The summed E-state index contributed by atoms with van der Waals surface area (Å²) in [7, 11) is 0. The van der Waals surface area contributed by atoms with Crippen molar-refractivity contribution in [3.05, 3.63) is 88.9 Å².